The first-order valence-electron chi connectivity index (χ1n) is 7.06. The van der Waals surface area contributed by atoms with E-state index in [-0.39, 0.29) is 22.8 Å². The third kappa shape index (κ3) is 2.60. The molecule has 0 amide bonds. The molecule has 0 aromatic heterocycles. The van der Waals surface area contributed by atoms with Gasteiger partial charge in [0.1, 0.15) is 17.7 Å². The Morgan fingerprint density at radius 2 is 1.35 bits per heavy atom. The monoisotopic (exact) mass is 364 g/mol. The number of nitrogens with zero attached hydrogens (tertiary/aromatic N) is 2. The maximum Gasteiger partial charge on any atom is 0.417 e. The quantitative estimate of drug-likeness (QED) is 0.388. The SMILES string of the molecule is N#CC(C#N)=C1c2ccccc2-c2c1cc(C(F)(F)F)cc2C(F)(F)F. The molecule has 0 radical (unpaired) electrons. The lowest BCUT2D eigenvalue weighted by Crippen LogP contribution is -2.13. The second-order valence-electron chi connectivity index (χ2n) is 5.46. The number of nitriles is 2. The van der Waals surface area contributed by atoms with E-state index in [1.807, 2.05) is 0 Å². The lowest BCUT2D eigenvalue weighted by molar-refractivity contribution is -0.142. The summed E-state index contributed by atoms with van der Waals surface area (Å²) in [7, 11) is 0. The number of hydrogen-bond donors (Lipinski definition) is 0. The van der Waals surface area contributed by atoms with Crippen molar-refractivity contribution in [2.45, 2.75) is 12.4 Å². The number of hydrogen-bond acceptors (Lipinski definition) is 2. The molecular weight excluding hydrogens is 358 g/mol. The zero-order chi connectivity index (χ0) is 19.3. The third-order valence-corrected chi connectivity index (χ3v) is 3.98. The lowest BCUT2D eigenvalue weighted by Gasteiger charge is -2.16. The van der Waals surface area contributed by atoms with Crippen molar-refractivity contribution in [3.63, 3.8) is 0 Å². The third-order valence-electron chi connectivity index (χ3n) is 3.98. The Hall–Kier alpha value is -3.26. The van der Waals surface area contributed by atoms with Crippen molar-refractivity contribution in [2.75, 3.05) is 0 Å². The molecule has 3 rings (SSSR count). The summed E-state index contributed by atoms with van der Waals surface area (Å²) >= 11 is 0. The zero-order valence-electron chi connectivity index (χ0n) is 12.6. The summed E-state index contributed by atoms with van der Waals surface area (Å²) in [6, 6.07) is 9.28. The summed E-state index contributed by atoms with van der Waals surface area (Å²) in [5.41, 5.74) is -4.47. The van der Waals surface area contributed by atoms with Gasteiger partial charge in [-0.3, -0.25) is 0 Å². The fourth-order valence-corrected chi connectivity index (χ4v) is 2.99. The van der Waals surface area contributed by atoms with E-state index in [0.717, 1.165) is 0 Å². The maximum absolute atomic E-state index is 13.5. The van der Waals surface area contributed by atoms with Crippen molar-refractivity contribution < 1.29 is 26.3 Å². The van der Waals surface area contributed by atoms with Crippen LogP contribution < -0.4 is 0 Å². The molecule has 2 nitrogen and oxygen atoms in total. The first-order chi connectivity index (χ1) is 12.1. The molecule has 2 aromatic carbocycles. The predicted molar refractivity (Wildman–Crippen MR) is 79.1 cm³/mol. The fraction of sp³-hybridized carbons (Fsp3) is 0.111. The maximum atomic E-state index is 13.5. The number of fused-ring (bicyclic) bond motifs is 3. The molecule has 0 saturated carbocycles. The van der Waals surface area contributed by atoms with Crippen LogP contribution in [0.25, 0.3) is 16.7 Å². The first-order valence-corrected chi connectivity index (χ1v) is 7.06. The Bertz CT molecular complexity index is 1010. The lowest BCUT2D eigenvalue weighted by atomic mass is 9.94. The Kier molecular flexibility index (Phi) is 3.81. The van der Waals surface area contributed by atoms with Crippen LogP contribution in [0, 0.1) is 22.7 Å². The van der Waals surface area contributed by atoms with Gasteiger partial charge in [0.2, 0.25) is 0 Å². The van der Waals surface area contributed by atoms with Crippen LogP contribution in [-0.4, -0.2) is 0 Å². The minimum absolute atomic E-state index is 0.0292. The molecule has 1 aliphatic rings. The van der Waals surface area contributed by atoms with Crippen molar-refractivity contribution in [1.29, 1.82) is 10.5 Å². The molecule has 130 valence electrons. The Morgan fingerprint density at radius 3 is 1.85 bits per heavy atom. The molecule has 0 unspecified atom stereocenters. The molecule has 8 heteroatoms. The topological polar surface area (TPSA) is 47.6 Å². The minimum Gasteiger partial charge on any atom is -0.192 e. The van der Waals surface area contributed by atoms with Crippen LogP contribution in [0.2, 0.25) is 0 Å². The number of benzene rings is 2. The van der Waals surface area contributed by atoms with Crippen LogP contribution in [0.15, 0.2) is 42.0 Å². The predicted octanol–water partition coefficient (Wildman–Crippen LogP) is 5.55. The van der Waals surface area contributed by atoms with Gasteiger partial charge < -0.3 is 0 Å². The van der Waals surface area contributed by atoms with Crippen LogP contribution in [0.5, 0.6) is 0 Å². The molecule has 1 aliphatic carbocycles. The van der Waals surface area contributed by atoms with Crippen molar-refractivity contribution >= 4 is 5.57 Å². The second-order valence-corrected chi connectivity index (χ2v) is 5.46. The Morgan fingerprint density at radius 1 is 0.769 bits per heavy atom. The van der Waals surface area contributed by atoms with Crippen molar-refractivity contribution in [3.8, 4) is 23.3 Å². The summed E-state index contributed by atoms with van der Waals surface area (Å²) in [5, 5.41) is 18.2. The van der Waals surface area contributed by atoms with Crippen LogP contribution in [-0.2, 0) is 12.4 Å². The second kappa shape index (κ2) is 5.63. The van der Waals surface area contributed by atoms with Gasteiger partial charge in [0.15, 0.2) is 0 Å². The van der Waals surface area contributed by atoms with E-state index in [0.29, 0.717) is 6.07 Å². The highest BCUT2D eigenvalue weighted by atomic mass is 19.4. The van der Waals surface area contributed by atoms with E-state index in [2.05, 4.69) is 0 Å². The molecule has 26 heavy (non-hydrogen) atoms. The standard InChI is InChI=1S/C18H6F6N2/c19-17(20,21)10-5-13-15(9(7-25)8-26)11-3-1-2-4-12(11)16(13)14(6-10)18(22,23)24/h1-6H. The van der Waals surface area contributed by atoms with E-state index in [1.54, 1.807) is 12.1 Å². The minimum atomic E-state index is -5.05. The molecule has 0 bridgehead atoms. The van der Waals surface area contributed by atoms with Crippen LogP contribution in [0.3, 0.4) is 0 Å². The van der Waals surface area contributed by atoms with Gasteiger partial charge in [0.25, 0.3) is 0 Å². The molecule has 0 saturated heterocycles. The van der Waals surface area contributed by atoms with Gasteiger partial charge in [-0.2, -0.15) is 36.9 Å². The molecule has 0 fully saturated rings. The normalized spacial score (nSPS) is 12.8. The van der Waals surface area contributed by atoms with Crippen molar-refractivity contribution in [1.82, 2.24) is 0 Å². The number of alkyl halides is 6. The Labute approximate surface area is 143 Å². The van der Waals surface area contributed by atoms with Crippen molar-refractivity contribution in [3.05, 3.63) is 64.2 Å². The molecular formula is C18H6F6N2. The van der Waals surface area contributed by atoms with Crippen LogP contribution in [0.1, 0.15) is 22.3 Å². The number of halogens is 6. The van der Waals surface area contributed by atoms with E-state index in [1.165, 1.54) is 24.3 Å². The molecule has 2 aromatic rings. The highest BCUT2D eigenvalue weighted by Crippen LogP contribution is 2.52. The molecule has 0 aliphatic heterocycles. The van der Waals surface area contributed by atoms with Crippen LogP contribution >= 0.6 is 0 Å². The van der Waals surface area contributed by atoms with E-state index >= 15 is 0 Å². The first kappa shape index (κ1) is 17.6. The molecule has 0 N–H and O–H groups in total. The average molecular weight is 364 g/mol. The van der Waals surface area contributed by atoms with Gasteiger partial charge >= 0.3 is 12.4 Å². The van der Waals surface area contributed by atoms with Gasteiger partial charge in [-0.25, -0.2) is 0 Å². The largest absolute Gasteiger partial charge is 0.417 e. The van der Waals surface area contributed by atoms with E-state index < -0.39 is 40.2 Å². The fourth-order valence-electron chi connectivity index (χ4n) is 2.99. The molecule has 0 atom stereocenters. The Balaban J connectivity index is 2.54. The number of rotatable bonds is 0. The summed E-state index contributed by atoms with van der Waals surface area (Å²) in [6.07, 6.45) is -10.1. The highest BCUT2D eigenvalue weighted by Gasteiger charge is 2.43. The van der Waals surface area contributed by atoms with Gasteiger partial charge in [-0.1, -0.05) is 24.3 Å². The zero-order valence-corrected chi connectivity index (χ0v) is 12.6. The summed E-state index contributed by atoms with van der Waals surface area (Å²) in [4.78, 5) is 0. The van der Waals surface area contributed by atoms with Gasteiger partial charge in [0.05, 0.1) is 11.1 Å². The van der Waals surface area contributed by atoms with Gasteiger partial charge in [-0.15, -0.1) is 0 Å². The summed E-state index contributed by atoms with van der Waals surface area (Å²) in [5.74, 6) is 0. The van der Waals surface area contributed by atoms with Crippen molar-refractivity contribution in [2.24, 2.45) is 0 Å². The van der Waals surface area contributed by atoms with Gasteiger partial charge in [0, 0.05) is 11.1 Å². The van der Waals surface area contributed by atoms with E-state index in [4.69, 9.17) is 10.5 Å². The average Bonchev–Trinajstić information content (AvgIpc) is 2.89. The van der Waals surface area contributed by atoms with Gasteiger partial charge in [-0.05, 0) is 28.8 Å². The number of allylic oxidation sites excluding steroid dienone is 1. The summed E-state index contributed by atoms with van der Waals surface area (Å²) in [6.45, 7) is 0. The smallest absolute Gasteiger partial charge is 0.192 e. The van der Waals surface area contributed by atoms with E-state index in [9.17, 15) is 26.3 Å². The highest BCUT2D eigenvalue weighted by molar-refractivity contribution is 6.05. The molecule has 0 spiro atoms. The summed E-state index contributed by atoms with van der Waals surface area (Å²) < 4.78 is 79.8. The molecule has 0 heterocycles. The van der Waals surface area contributed by atoms with Crippen LogP contribution in [0.4, 0.5) is 26.3 Å².